The average molecular weight is 279 g/mol. The van der Waals surface area contributed by atoms with E-state index in [0.717, 1.165) is 36.7 Å². The van der Waals surface area contributed by atoms with E-state index in [0.29, 0.717) is 5.92 Å². The summed E-state index contributed by atoms with van der Waals surface area (Å²) in [6, 6.07) is 12.5. The molecule has 0 bridgehead atoms. The van der Waals surface area contributed by atoms with Crippen LogP contribution in [-0.4, -0.2) is 21.2 Å². The Morgan fingerprint density at radius 2 is 2.14 bits per heavy atom. The molecule has 0 unspecified atom stereocenters. The number of hydrogen-bond donors (Lipinski definition) is 0. The van der Waals surface area contributed by atoms with E-state index in [1.54, 1.807) is 0 Å². The summed E-state index contributed by atoms with van der Waals surface area (Å²) in [7, 11) is 0. The van der Waals surface area contributed by atoms with Crippen molar-refractivity contribution in [3.05, 3.63) is 59.5 Å². The summed E-state index contributed by atoms with van der Waals surface area (Å²) in [4.78, 5) is 4.36. The number of benzene rings is 1. The molecule has 0 amide bonds. The van der Waals surface area contributed by atoms with Crippen molar-refractivity contribution in [2.45, 2.75) is 19.8 Å². The van der Waals surface area contributed by atoms with Crippen LogP contribution in [0.15, 0.2) is 42.6 Å². The number of para-hydroxylation sites is 1. The van der Waals surface area contributed by atoms with Crippen molar-refractivity contribution in [3.63, 3.8) is 0 Å². The second-order valence-corrected chi connectivity index (χ2v) is 5.69. The molecule has 2 aromatic heterocycles. The van der Waals surface area contributed by atoms with Gasteiger partial charge < -0.3 is 4.74 Å². The van der Waals surface area contributed by atoms with E-state index in [2.05, 4.69) is 40.5 Å². The van der Waals surface area contributed by atoms with E-state index < -0.39 is 0 Å². The molecule has 0 saturated heterocycles. The molecule has 21 heavy (non-hydrogen) atoms. The summed E-state index contributed by atoms with van der Waals surface area (Å²) in [5.74, 6) is 2.36. The van der Waals surface area contributed by atoms with Crippen LogP contribution < -0.4 is 4.74 Å². The van der Waals surface area contributed by atoms with E-state index in [1.165, 1.54) is 11.1 Å². The third-order valence-electron chi connectivity index (χ3n) is 3.98. The molecule has 1 aliphatic heterocycles. The molecule has 4 nitrogen and oxygen atoms in total. The third kappa shape index (κ3) is 2.37. The van der Waals surface area contributed by atoms with Crippen LogP contribution in [0.1, 0.15) is 17.0 Å². The summed E-state index contributed by atoms with van der Waals surface area (Å²) in [6.07, 6.45) is 4.16. The van der Waals surface area contributed by atoms with Gasteiger partial charge in [0.15, 0.2) is 5.65 Å². The summed E-state index contributed by atoms with van der Waals surface area (Å²) < 4.78 is 7.73. The number of pyridine rings is 1. The first-order valence-electron chi connectivity index (χ1n) is 7.30. The zero-order valence-electron chi connectivity index (χ0n) is 12.0. The lowest BCUT2D eigenvalue weighted by molar-refractivity contribution is 0.221. The van der Waals surface area contributed by atoms with Crippen molar-refractivity contribution in [3.8, 4) is 5.75 Å². The number of ether oxygens (including phenoxy) is 1. The number of hydrogen-bond acceptors (Lipinski definition) is 3. The number of aryl methyl sites for hydroxylation is 1. The molecule has 4 heteroatoms. The third-order valence-corrected chi connectivity index (χ3v) is 3.98. The molecule has 106 valence electrons. The van der Waals surface area contributed by atoms with E-state index in [4.69, 9.17) is 4.74 Å². The maximum atomic E-state index is 5.87. The van der Waals surface area contributed by atoms with E-state index >= 15 is 0 Å². The summed E-state index contributed by atoms with van der Waals surface area (Å²) in [5, 5.41) is 4.38. The number of aromatic nitrogens is 3. The lowest BCUT2D eigenvalue weighted by atomic mass is 9.91. The number of nitrogens with zero attached hydrogens (tertiary/aromatic N) is 3. The molecule has 3 aromatic rings. The normalized spacial score (nSPS) is 17.5. The maximum absolute atomic E-state index is 5.87. The topological polar surface area (TPSA) is 39.4 Å². The zero-order valence-corrected chi connectivity index (χ0v) is 12.0. The van der Waals surface area contributed by atoms with Crippen LogP contribution in [0.2, 0.25) is 0 Å². The molecule has 0 saturated carbocycles. The van der Waals surface area contributed by atoms with Crippen molar-refractivity contribution in [2.24, 2.45) is 5.92 Å². The molecule has 3 heterocycles. The quantitative estimate of drug-likeness (QED) is 0.724. The molecule has 0 spiro atoms. The predicted octanol–water partition coefficient (Wildman–Crippen LogP) is 2.83. The Balaban J connectivity index is 1.55. The smallest absolute Gasteiger partial charge is 0.155 e. The minimum absolute atomic E-state index is 0.516. The highest BCUT2D eigenvalue weighted by Gasteiger charge is 2.20. The van der Waals surface area contributed by atoms with Crippen LogP contribution in [0.4, 0.5) is 0 Å². The van der Waals surface area contributed by atoms with Gasteiger partial charge in [-0.15, -0.1) is 0 Å². The monoisotopic (exact) mass is 279 g/mol. The predicted molar refractivity (Wildman–Crippen MR) is 80.6 cm³/mol. The van der Waals surface area contributed by atoms with Crippen molar-refractivity contribution in [2.75, 3.05) is 6.61 Å². The van der Waals surface area contributed by atoms with Gasteiger partial charge in [0.1, 0.15) is 11.6 Å². The van der Waals surface area contributed by atoms with Crippen LogP contribution in [0.5, 0.6) is 5.75 Å². The molecule has 4 rings (SSSR count). The molecule has 0 fully saturated rings. The van der Waals surface area contributed by atoms with Gasteiger partial charge in [-0.25, -0.2) is 9.50 Å². The molecule has 1 aliphatic rings. The van der Waals surface area contributed by atoms with Crippen LogP contribution >= 0.6 is 0 Å². The molecule has 0 N–H and O–H groups in total. The van der Waals surface area contributed by atoms with Gasteiger partial charge >= 0.3 is 0 Å². The fourth-order valence-electron chi connectivity index (χ4n) is 3.01. The van der Waals surface area contributed by atoms with Gasteiger partial charge in [0.2, 0.25) is 0 Å². The molecule has 1 atom stereocenters. The zero-order chi connectivity index (χ0) is 14.2. The van der Waals surface area contributed by atoms with Crippen LogP contribution in [0.3, 0.4) is 0 Å². The van der Waals surface area contributed by atoms with Crippen LogP contribution in [0.25, 0.3) is 5.65 Å². The van der Waals surface area contributed by atoms with Crippen LogP contribution in [-0.2, 0) is 12.8 Å². The largest absolute Gasteiger partial charge is 0.493 e. The van der Waals surface area contributed by atoms with Gasteiger partial charge in [-0.05, 0) is 43.0 Å². The number of rotatable bonds is 2. The van der Waals surface area contributed by atoms with Gasteiger partial charge in [-0.3, -0.25) is 0 Å². The minimum Gasteiger partial charge on any atom is -0.493 e. The van der Waals surface area contributed by atoms with Gasteiger partial charge in [-0.2, -0.15) is 5.10 Å². The molecule has 1 aromatic carbocycles. The molecular weight excluding hydrogens is 262 g/mol. The molecule has 0 aliphatic carbocycles. The summed E-state index contributed by atoms with van der Waals surface area (Å²) in [6.45, 7) is 2.70. The van der Waals surface area contributed by atoms with Crippen molar-refractivity contribution < 1.29 is 4.74 Å². The number of fused-ring (bicyclic) bond motifs is 2. The summed E-state index contributed by atoms with van der Waals surface area (Å²) >= 11 is 0. The van der Waals surface area contributed by atoms with Gasteiger partial charge in [-0.1, -0.05) is 24.3 Å². The maximum Gasteiger partial charge on any atom is 0.155 e. The van der Waals surface area contributed by atoms with Crippen LogP contribution in [0, 0.1) is 12.8 Å². The molecule has 0 radical (unpaired) electrons. The van der Waals surface area contributed by atoms with Crippen molar-refractivity contribution in [1.82, 2.24) is 14.6 Å². The minimum atomic E-state index is 0.516. The Hall–Kier alpha value is -2.36. The van der Waals surface area contributed by atoms with Crippen molar-refractivity contribution >= 4 is 5.65 Å². The summed E-state index contributed by atoms with van der Waals surface area (Å²) in [5.41, 5.74) is 3.49. The van der Waals surface area contributed by atoms with Gasteiger partial charge in [0.05, 0.1) is 6.61 Å². The first-order chi connectivity index (χ1) is 10.3. The Morgan fingerprint density at radius 1 is 1.24 bits per heavy atom. The Labute approximate surface area is 123 Å². The molecular formula is C17H17N3O. The highest BCUT2D eigenvalue weighted by Crippen LogP contribution is 2.28. The van der Waals surface area contributed by atoms with Gasteiger partial charge in [0.25, 0.3) is 0 Å². The first kappa shape index (κ1) is 12.4. The second-order valence-electron chi connectivity index (χ2n) is 5.69. The Bertz CT molecular complexity index is 794. The highest BCUT2D eigenvalue weighted by atomic mass is 16.5. The second kappa shape index (κ2) is 4.88. The Kier molecular flexibility index (Phi) is 2.88. The van der Waals surface area contributed by atoms with E-state index in [-0.39, 0.29) is 0 Å². The fraction of sp³-hybridized carbons (Fsp3) is 0.294. The van der Waals surface area contributed by atoms with E-state index in [9.17, 15) is 0 Å². The lowest BCUT2D eigenvalue weighted by Gasteiger charge is -2.25. The highest BCUT2D eigenvalue weighted by molar-refractivity contribution is 5.39. The standard InChI is InChI=1S/C17H17N3O/c1-12-18-17-7-6-13(10-20(17)19-12)8-14-9-15-4-2-3-5-16(15)21-11-14/h2-7,10,14H,8-9,11H2,1H3/t14-/m1/s1. The SMILES string of the molecule is Cc1nc2ccc(C[C@H]3COc4ccccc4C3)cn2n1. The Morgan fingerprint density at radius 3 is 3.10 bits per heavy atom. The fourth-order valence-corrected chi connectivity index (χ4v) is 3.01. The van der Waals surface area contributed by atoms with Gasteiger partial charge in [0, 0.05) is 12.1 Å². The lowest BCUT2D eigenvalue weighted by Crippen LogP contribution is -2.22. The van der Waals surface area contributed by atoms with Crippen molar-refractivity contribution in [1.29, 1.82) is 0 Å². The first-order valence-corrected chi connectivity index (χ1v) is 7.30. The average Bonchev–Trinajstić information content (AvgIpc) is 2.86. The van der Waals surface area contributed by atoms with E-state index in [1.807, 2.05) is 23.6 Å².